The Morgan fingerprint density at radius 2 is 1.91 bits per heavy atom. The fourth-order valence-corrected chi connectivity index (χ4v) is 2.21. The third kappa shape index (κ3) is 4.19. The summed E-state index contributed by atoms with van der Waals surface area (Å²) < 4.78 is 0.272. The minimum absolute atomic E-state index is 0.0773. The highest BCUT2D eigenvalue weighted by Gasteiger charge is 2.12. The molecule has 0 aliphatic rings. The van der Waals surface area contributed by atoms with Crippen LogP contribution in [0.25, 0.3) is 5.76 Å². The molecule has 5 heteroatoms. The molecule has 0 fully saturated rings. The fourth-order valence-electron chi connectivity index (χ4n) is 1.98. The largest absolute Gasteiger partial charge is 0.507 e. The van der Waals surface area contributed by atoms with Gasteiger partial charge in [0.1, 0.15) is 10.1 Å². The average Bonchev–Trinajstić information content (AvgIpc) is 2.49. The van der Waals surface area contributed by atoms with Crippen molar-refractivity contribution in [2.45, 2.75) is 6.92 Å². The molecule has 3 nitrogen and oxygen atoms in total. The van der Waals surface area contributed by atoms with Gasteiger partial charge in [-0.2, -0.15) is 0 Å². The van der Waals surface area contributed by atoms with E-state index in [2.05, 4.69) is 17.9 Å². The molecule has 2 rings (SSSR count). The molecule has 0 saturated carbocycles. The van der Waals surface area contributed by atoms with Crippen LogP contribution in [0.1, 0.15) is 21.5 Å². The second-order valence-electron chi connectivity index (χ2n) is 4.74. The SMILES string of the molecule is Cc1ccc(NC(=S)S)c(C(=O)/C=C(\O)c2ccccc2)c1. The van der Waals surface area contributed by atoms with Crippen LogP contribution in [0.3, 0.4) is 0 Å². The van der Waals surface area contributed by atoms with Crippen LogP contribution in [0.2, 0.25) is 0 Å². The van der Waals surface area contributed by atoms with Gasteiger partial charge in [0, 0.05) is 17.2 Å². The lowest BCUT2D eigenvalue weighted by molar-refractivity contribution is 0.104. The molecule has 0 radical (unpaired) electrons. The van der Waals surface area contributed by atoms with Gasteiger partial charge in [0.15, 0.2) is 5.78 Å². The molecule has 0 unspecified atom stereocenters. The number of thiol groups is 1. The number of carbonyl (C=O) groups is 1. The van der Waals surface area contributed by atoms with E-state index in [1.54, 1.807) is 36.4 Å². The predicted octanol–water partition coefficient (Wildman–Crippen LogP) is 4.40. The summed E-state index contributed by atoms with van der Waals surface area (Å²) in [6.45, 7) is 1.89. The Morgan fingerprint density at radius 3 is 2.55 bits per heavy atom. The molecule has 0 atom stereocenters. The molecule has 0 aliphatic heterocycles. The van der Waals surface area contributed by atoms with Crippen molar-refractivity contribution in [2.75, 3.05) is 5.32 Å². The number of aryl methyl sites for hydroxylation is 1. The van der Waals surface area contributed by atoms with Crippen molar-refractivity contribution in [3.8, 4) is 0 Å². The summed E-state index contributed by atoms with van der Waals surface area (Å²) in [6.07, 6.45) is 1.21. The van der Waals surface area contributed by atoms with Crippen molar-refractivity contribution in [1.82, 2.24) is 0 Å². The maximum absolute atomic E-state index is 12.4. The van der Waals surface area contributed by atoms with E-state index in [1.807, 2.05) is 19.1 Å². The van der Waals surface area contributed by atoms with Crippen LogP contribution in [0.15, 0.2) is 54.6 Å². The Bertz CT molecular complexity index is 740. The Hall–Kier alpha value is -2.11. The first kappa shape index (κ1) is 16.3. The van der Waals surface area contributed by atoms with E-state index in [0.717, 1.165) is 5.56 Å². The summed E-state index contributed by atoms with van der Waals surface area (Å²) in [5.74, 6) is -0.386. The number of nitrogens with one attached hydrogen (secondary N) is 1. The quantitative estimate of drug-likeness (QED) is 0.256. The lowest BCUT2D eigenvalue weighted by Crippen LogP contribution is -2.08. The van der Waals surface area contributed by atoms with Crippen LogP contribution in [-0.2, 0) is 0 Å². The monoisotopic (exact) mass is 329 g/mol. The molecule has 0 aliphatic carbocycles. The maximum atomic E-state index is 12.4. The van der Waals surface area contributed by atoms with Gasteiger partial charge in [-0.3, -0.25) is 4.79 Å². The normalized spacial score (nSPS) is 11.1. The Morgan fingerprint density at radius 1 is 1.23 bits per heavy atom. The van der Waals surface area contributed by atoms with Crippen molar-refractivity contribution < 1.29 is 9.90 Å². The minimum Gasteiger partial charge on any atom is -0.507 e. The first-order chi connectivity index (χ1) is 10.5. The van der Waals surface area contributed by atoms with E-state index in [0.29, 0.717) is 16.8 Å². The molecule has 112 valence electrons. The van der Waals surface area contributed by atoms with E-state index in [-0.39, 0.29) is 15.9 Å². The molecule has 0 spiro atoms. The van der Waals surface area contributed by atoms with Crippen LogP contribution >= 0.6 is 24.8 Å². The molecular weight excluding hydrogens is 314 g/mol. The summed E-state index contributed by atoms with van der Waals surface area (Å²) in [7, 11) is 0. The van der Waals surface area contributed by atoms with E-state index >= 15 is 0 Å². The first-order valence-electron chi connectivity index (χ1n) is 6.58. The van der Waals surface area contributed by atoms with Gasteiger partial charge < -0.3 is 10.4 Å². The van der Waals surface area contributed by atoms with Crippen molar-refractivity contribution >= 4 is 46.4 Å². The number of thiocarbonyl (C=S) groups is 1. The number of allylic oxidation sites excluding steroid dienone is 1. The molecule has 22 heavy (non-hydrogen) atoms. The number of benzene rings is 2. The summed E-state index contributed by atoms with van der Waals surface area (Å²) in [5.41, 5.74) is 2.51. The standard InChI is InChI=1S/C17H15NO2S2/c1-11-7-8-14(18-17(21)22)13(9-11)16(20)10-15(19)12-5-3-2-4-6-12/h2-10,19H,1H3,(H2,18,21,22)/b15-10-. The van der Waals surface area contributed by atoms with Gasteiger partial charge in [-0.05, 0) is 19.1 Å². The maximum Gasteiger partial charge on any atom is 0.191 e. The summed E-state index contributed by atoms with van der Waals surface area (Å²) in [4.78, 5) is 12.4. The molecule has 0 bridgehead atoms. The van der Waals surface area contributed by atoms with E-state index in [1.165, 1.54) is 6.08 Å². The summed E-state index contributed by atoms with van der Waals surface area (Å²) >= 11 is 8.92. The number of aliphatic hydroxyl groups excluding tert-OH is 1. The smallest absolute Gasteiger partial charge is 0.191 e. The van der Waals surface area contributed by atoms with Gasteiger partial charge in [-0.1, -0.05) is 54.2 Å². The van der Waals surface area contributed by atoms with Crippen LogP contribution in [-0.4, -0.2) is 15.2 Å². The highest BCUT2D eigenvalue weighted by Crippen LogP contribution is 2.21. The van der Waals surface area contributed by atoms with Crippen molar-refractivity contribution in [3.05, 3.63) is 71.3 Å². The highest BCUT2D eigenvalue weighted by molar-refractivity contribution is 8.11. The average molecular weight is 329 g/mol. The van der Waals surface area contributed by atoms with Gasteiger partial charge in [-0.15, -0.1) is 12.6 Å². The molecule has 0 amide bonds. The molecule has 2 N–H and O–H groups in total. The van der Waals surface area contributed by atoms with E-state index in [4.69, 9.17) is 12.2 Å². The Balaban J connectivity index is 2.37. The number of hydrogen-bond acceptors (Lipinski definition) is 3. The molecule has 2 aromatic carbocycles. The Labute approximate surface area is 140 Å². The first-order valence-corrected chi connectivity index (χ1v) is 7.44. The topological polar surface area (TPSA) is 49.3 Å². The number of anilines is 1. The molecule has 2 aromatic rings. The molecule has 0 aromatic heterocycles. The lowest BCUT2D eigenvalue weighted by Gasteiger charge is -2.10. The zero-order chi connectivity index (χ0) is 16.1. The second-order valence-corrected chi connectivity index (χ2v) is 5.90. The predicted molar refractivity (Wildman–Crippen MR) is 97.8 cm³/mol. The number of ketones is 1. The number of aliphatic hydroxyl groups is 1. The zero-order valence-electron chi connectivity index (χ0n) is 11.9. The van der Waals surface area contributed by atoms with Crippen molar-refractivity contribution in [3.63, 3.8) is 0 Å². The molecule has 0 saturated heterocycles. The third-order valence-corrected chi connectivity index (χ3v) is 3.23. The number of hydrogen-bond donors (Lipinski definition) is 3. The van der Waals surface area contributed by atoms with E-state index in [9.17, 15) is 9.90 Å². The molecule has 0 heterocycles. The third-order valence-electron chi connectivity index (χ3n) is 3.02. The summed E-state index contributed by atoms with van der Waals surface area (Å²) in [5, 5.41) is 12.9. The second kappa shape index (κ2) is 7.24. The van der Waals surface area contributed by atoms with E-state index < -0.39 is 0 Å². The van der Waals surface area contributed by atoms with Crippen molar-refractivity contribution in [2.24, 2.45) is 0 Å². The van der Waals surface area contributed by atoms with Gasteiger partial charge >= 0.3 is 0 Å². The minimum atomic E-state index is -0.308. The van der Waals surface area contributed by atoms with Gasteiger partial charge in [0.25, 0.3) is 0 Å². The highest BCUT2D eigenvalue weighted by atomic mass is 32.1. The Kier molecular flexibility index (Phi) is 5.35. The fraction of sp³-hybridized carbons (Fsp3) is 0.0588. The summed E-state index contributed by atoms with van der Waals surface area (Å²) in [6, 6.07) is 14.3. The van der Waals surface area contributed by atoms with Gasteiger partial charge in [-0.25, -0.2) is 0 Å². The van der Waals surface area contributed by atoms with Crippen LogP contribution in [0.5, 0.6) is 0 Å². The van der Waals surface area contributed by atoms with Crippen molar-refractivity contribution in [1.29, 1.82) is 0 Å². The molecular formula is C17H15NO2S2. The van der Waals surface area contributed by atoms with Gasteiger partial charge in [0.2, 0.25) is 0 Å². The number of carbonyl (C=O) groups excluding carboxylic acids is 1. The lowest BCUT2D eigenvalue weighted by atomic mass is 10.0. The van der Waals surface area contributed by atoms with Crippen LogP contribution in [0.4, 0.5) is 5.69 Å². The van der Waals surface area contributed by atoms with Crippen LogP contribution < -0.4 is 5.32 Å². The van der Waals surface area contributed by atoms with Crippen LogP contribution in [0, 0.1) is 6.92 Å². The number of rotatable bonds is 4. The zero-order valence-corrected chi connectivity index (χ0v) is 13.6. The van der Waals surface area contributed by atoms with Gasteiger partial charge in [0.05, 0.1) is 5.69 Å².